The number of amides is 1. The lowest BCUT2D eigenvalue weighted by Crippen LogP contribution is -2.35. The summed E-state index contributed by atoms with van der Waals surface area (Å²) in [7, 11) is 3.85. The van der Waals surface area contributed by atoms with Gasteiger partial charge in [0.1, 0.15) is 0 Å². The van der Waals surface area contributed by atoms with Gasteiger partial charge < -0.3 is 15.3 Å². The average Bonchev–Trinajstić information content (AvgIpc) is 2.43. The molecule has 1 aliphatic rings. The summed E-state index contributed by atoms with van der Waals surface area (Å²) in [4.78, 5) is 23.8. The summed E-state index contributed by atoms with van der Waals surface area (Å²) in [6.07, 6.45) is 0.809. The average molecular weight is 200 g/mol. The van der Waals surface area contributed by atoms with Crippen molar-refractivity contribution in [1.29, 1.82) is 0 Å². The van der Waals surface area contributed by atoms with E-state index in [4.69, 9.17) is 5.11 Å². The third-order valence-corrected chi connectivity index (χ3v) is 2.44. The molecule has 0 aromatic heterocycles. The minimum absolute atomic E-state index is 0.118. The molecule has 1 aliphatic heterocycles. The lowest BCUT2D eigenvalue weighted by atomic mass is 9.98. The van der Waals surface area contributed by atoms with Crippen LogP contribution in [0.2, 0.25) is 0 Å². The first-order valence-electron chi connectivity index (χ1n) is 4.67. The number of rotatable bonds is 4. The highest BCUT2D eigenvalue weighted by Gasteiger charge is 2.36. The van der Waals surface area contributed by atoms with Crippen molar-refractivity contribution in [3.63, 3.8) is 0 Å². The summed E-state index contributed by atoms with van der Waals surface area (Å²) in [5, 5.41) is 11.6. The lowest BCUT2D eigenvalue weighted by molar-refractivity contribution is -0.142. The van der Waals surface area contributed by atoms with Crippen LogP contribution in [-0.4, -0.2) is 48.6 Å². The molecule has 1 fully saturated rings. The van der Waals surface area contributed by atoms with Gasteiger partial charge >= 0.3 is 5.97 Å². The van der Waals surface area contributed by atoms with Crippen molar-refractivity contribution in [3.05, 3.63) is 0 Å². The summed E-state index contributed by atoms with van der Waals surface area (Å²) >= 11 is 0. The molecule has 5 heteroatoms. The Labute approximate surface area is 83.1 Å². The monoisotopic (exact) mass is 200 g/mol. The van der Waals surface area contributed by atoms with Crippen molar-refractivity contribution in [1.82, 2.24) is 10.2 Å². The topological polar surface area (TPSA) is 69.6 Å². The van der Waals surface area contributed by atoms with Crippen molar-refractivity contribution >= 4 is 11.9 Å². The van der Waals surface area contributed by atoms with Crippen LogP contribution in [0.1, 0.15) is 12.8 Å². The van der Waals surface area contributed by atoms with E-state index in [9.17, 15) is 9.59 Å². The molecule has 5 nitrogen and oxygen atoms in total. The van der Waals surface area contributed by atoms with Gasteiger partial charge in [0.15, 0.2) is 0 Å². The van der Waals surface area contributed by atoms with E-state index in [2.05, 4.69) is 5.32 Å². The molecule has 2 atom stereocenters. The van der Waals surface area contributed by atoms with Crippen LogP contribution in [0.5, 0.6) is 0 Å². The second kappa shape index (κ2) is 4.41. The molecule has 1 amide bonds. The second-order valence-electron chi connectivity index (χ2n) is 3.91. The van der Waals surface area contributed by atoms with E-state index in [0.29, 0.717) is 6.42 Å². The predicted molar refractivity (Wildman–Crippen MR) is 50.8 cm³/mol. The molecule has 1 saturated heterocycles. The van der Waals surface area contributed by atoms with Crippen LogP contribution in [0.4, 0.5) is 0 Å². The molecule has 14 heavy (non-hydrogen) atoms. The quantitative estimate of drug-likeness (QED) is 0.643. The van der Waals surface area contributed by atoms with Gasteiger partial charge in [0, 0.05) is 12.5 Å². The van der Waals surface area contributed by atoms with Gasteiger partial charge in [-0.1, -0.05) is 0 Å². The molecule has 0 aromatic carbocycles. The lowest BCUT2D eigenvalue weighted by Gasteiger charge is -2.17. The molecule has 1 heterocycles. The SMILES string of the molecule is CN(C)CC[C@@H]1NC(=O)C[C@H]1C(=O)O. The van der Waals surface area contributed by atoms with Gasteiger partial charge in [-0.15, -0.1) is 0 Å². The first kappa shape index (κ1) is 11.0. The number of carboxylic acid groups (broad SMARTS) is 1. The van der Waals surface area contributed by atoms with E-state index in [0.717, 1.165) is 6.54 Å². The molecule has 1 rings (SSSR count). The highest BCUT2D eigenvalue weighted by atomic mass is 16.4. The molecule has 0 radical (unpaired) electrons. The van der Waals surface area contributed by atoms with Crippen molar-refractivity contribution in [2.24, 2.45) is 5.92 Å². The summed E-state index contributed by atoms with van der Waals surface area (Å²) < 4.78 is 0. The number of hydrogen-bond acceptors (Lipinski definition) is 3. The fourth-order valence-corrected chi connectivity index (χ4v) is 1.64. The number of nitrogens with zero attached hydrogens (tertiary/aromatic N) is 1. The molecule has 0 unspecified atom stereocenters. The zero-order valence-electron chi connectivity index (χ0n) is 8.49. The van der Waals surface area contributed by atoms with E-state index in [1.54, 1.807) is 0 Å². The number of carboxylic acids is 1. The van der Waals surface area contributed by atoms with Gasteiger partial charge in [-0.3, -0.25) is 9.59 Å². The molecule has 80 valence electrons. The van der Waals surface area contributed by atoms with Crippen LogP contribution in [0.15, 0.2) is 0 Å². The largest absolute Gasteiger partial charge is 0.481 e. The zero-order valence-corrected chi connectivity index (χ0v) is 8.49. The van der Waals surface area contributed by atoms with E-state index < -0.39 is 11.9 Å². The Kier molecular flexibility index (Phi) is 3.46. The predicted octanol–water partition coefficient (Wildman–Crippen LogP) is -0.473. The highest BCUT2D eigenvalue weighted by Crippen LogP contribution is 2.19. The molecular formula is C9H16N2O3. The van der Waals surface area contributed by atoms with Crippen molar-refractivity contribution < 1.29 is 14.7 Å². The highest BCUT2D eigenvalue weighted by molar-refractivity contribution is 5.86. The van der Waals surface area contributed by atoms with Crippen molar-refractivity contribution in [3.8, 4) is 0 Å². The number of nitrogens with one attached hydrogen (secondary N) is 1. The number of carbonyl (C=O) groups is 2. The van der Waals surface area contributed by atoms with E-state index >= 15 is 0 Å². The third kappa shape index (κ3) is 2.70. The summed E-state index contributed by atoms with van der Waals surface area (Å²) in [5.74, 6) is -1.59. The summed E-state index contributed by atoms with van der Waals surface area (Å²) in [5.41, 5.74) is 0. The van der Waals surface area contributed by atoms with Crippen LogP contribution in [0.25, 0.3) is 0 Å². The van der Waals surface area contributed by atoms with E-state index in [-0.39, 0.29) is 18.4 Å². The molecular weight excluding hydrogens is 184 g/mol. The number of carbonyl (C=O) groups excluding carboxylic acids is 1. The van der Waals surface area contributed by atoms with E-state index in [1.165, 1.54) is 0 Å². The molecule has 0 saturated carbocycles. The van der Waals surface area contributed by atoms with Crippen molar-refractivity contribution in [2.45, 2.75) is 18.9 Å². The smallest absolute Gasteiger partial charge is 0.309 e. The Bertz CT molecular complexity index is 240. The summed E-state index contributed by atoms with van der Waals surface area (Å²) in [6, 6.07) is -0.206. The van der Waals surface area contributed by atoms with Crippen LogP contribution in [0, 0.1) is 5.92 Å². The Morgan fingerprint density at radius 1 is 1.64 bits per heavy atom. The van der Waals surface area contributed by atoms with Crippen LogP contribution in [-0.2, 0) is 9.59 Å². The number of aliphatic carboxylic acids is 1. The van der Waals surface area contributed by atoms with Gasteiger partial charge in [0.2, 0.25) is 5.91 Å². The van der Waals surface area contributed by atoms with E-state index in [1.807, 2.05) is 19.0 Å². The molecule has 0 aromatic rings. The first-order valence-corrected chi connectivity index (χ1v) is 4.67. The van der Waals surface area contributed by atoms with Crippen LogP contribution < -0.4 is 5.32 Å². The van der Waals surface area contributed by atoms with Gasteiger partial charge in [0.05, 0.1) is 5.92 Å². The minimum Gasteiger partial charge on any atom is -0.481 e. The Balaban J connectivity index is 2.49. The molecule has 0 bridgehead atoms. The first-order chi connectivity index (χ1) is 6.50. The fourth-order valence-electron chi connectivity index (χ4n) is 1.64. The molecule has 2 N–H and O–H groups in total. The maximum Gasteiger partial charge on any atom is 0.309 e. The van der Waals surface area contributed by atoms with Crippen LogP contribution >= 0.6 is 0 Å². The summed E-state index contributed by atoms with van der Waals surface area (Å²) in [6.45, 7) is 0.786. The Morgan fingerprint density at radius 2 is 2.29 bits per heavy atom. The third-order valence-electron chi connectivity index (χ3n) is 2.44. The van der Waals surface area contributed by atoms with Crippen LogP contribution in [0.3, 0.4) is 0 Å². The Hall–Kier alpha value is -1.10. The maximum absolute atomic E-state index is 11.0. The Morgan fingerprint density at radius 3 is 2.79 bits per heavy atom. The molecule has 0 spiro atoms. The van der Waals surface area contributed by atoms with Gasteiger partial charge in [-0.05, 0) is 27.1 Å². The number of hydrogen-bond donors (Lipinski definition) is 2. The second-order valence-corrected chi connectivity index (χ2v) is 3.91. The minimum atomic E-state index is -0.882. The van der Waals surface area contributed by atoms with Crippen molar-refractivity contribution in [2.75, 3.05) is 20.6 Å². The van der Waals surface area contributed by atoms with Gasteiger partial charge in [-0.2, -0.15) is 0 Å². The maximum atomic E-state index is 11.0. The molecule has 0 aliphatic carbocycles. The van der Waals surface area contributed by atoms with Gasteiger partial charge in [-0.25, -0.2) is 0 Å². The normalized spacial score (nSPS) is 26.6. The standard InChI is InChI=1S/C9H16N2O3/c1-11(2)4-3-7-6(9(13)14)5-8(12)10-7/h6-7H,3-5H2,1-2H3,(H,10,12)(H,13,14)/t6-,7+/m1/s1. The van der Waals surface area contributed by atoms with Gasteiger partial charge in [0.25, 0.3) is 0 Å². The zero-order chi connectivity index (χ0) is 10.7. The fraction of sp³-hybridized carbons (Fsp3) is 0.778.